The molecule has 1 saturated heterocycles. The van der Waals surface area contributed by atoms with Gasteiger partial charge in [-0.25, -0.2) is 0 Å². The lowest BCUT2D eigenvalue weighted by molar-refractivity contribution is 0.0383. The molecule has 1 aliphatic heterocycles. The molecule has 0 unspecified atom stereocenters. The summed E-state index contributed by atoms with van der Waals surface area (Å²) in [6, 6.07) is 0. The van der Waals surface area contributed by atoms with E-state index in [4.69, 9.17) is 4.74 Å². The maximum absolute atomic E-state index is 5.32. The molecule has 15 heavy (non-hydrogen) atoms. The van der Waals surface area contributed by atoms with Crippen molar-refractivity contribution in [3.8, 4) is 0 Å². The molecule has 90 valence electrons. The van der Waals surface area contributed by atoms with Gasteiger partial charge in [0.05, 0.1) is 13.2 Å². The van der Waals surface area contributed by atoms with Gasteiger partial charge in [-0.3, -0.25) is 4.90 Å². The molecule has 1 aliphatic rings. The van der Waals surface area contributed by atoms with E-state index in [0.717, 1.165) is 38.8 Å². The number of hydrogen-bond donors (Lipinski definition) is 1. The van der Waals surface area contributed by atoms with Crippen LogP contribution >= 0.6 is 0 Å². The van der Waals surface area contributed by atoms with Crippen molar-refractivity contribution in [2.45, 2.75) is 26.7 Å². The molecule has 3 heteroatoms. The number of morpholine rings is 1. The second-order valence-electron chi connectivity index (χ2n) is 4.34. The van der Waals surface area contributed by atoms with Crippen molar-refractivity contribution in [1.29, 1.82) is 0 Å². The Bertz CT molecular complexity index is 143. The van der Waals surface area contributed by atoms with Crippen molar-refractivity contribution in [3.63, 3.8) is 0 Å². The fourth-order valence-electron chi connectivity index (χ4n) is 1.95. The molecule has 0 atom stereocenters. The zero-order valence-electron chi connectivity index (χ0n) is 10.3. The van der Waals surface area contributed by atoms with E-state index in [0.29, 0.717) is 0 Å². The van der Waals surface area contributed by atoms with E-state index in [9.17, 15) is 0 Å². The molecule has 0 radical (unpaired) electrons. The molecule has 0 saturated carbocycles. The summed E-state index contributed by atoms with van der Waals surface area (Å²) in [5.41, 5.74) is 0. The highest BCUT2D eigenvalue weighted by Crippen LogP contribution is 2.04. The smallest absolute Gasteiger partial charge is 0.0594 e. The quantitative estimate of drug-likeness (QED) is 0.647. The maximum atomic E-state index is 5.32. The molecule has 1 rings (SSSR count). The third-order valence-corrected chi connectivity index (χ3v) is 3.30. The fourth-order valence-corrected chi connectivity index (χ4v) is 1.95. The number of nitrogens with one attached hydrogen (secondary N) is 1. The third-order valence-electron chi connectivity index (χ3n) is 3.30. The van der Waals surface area contributed by atoms with E-state index >= 15 is 0 Å². The van der Waals surface area contributed by atoms with E-state index in [1.54, 1.807) is 0 Å². The summed E-state index contributed by atoms with van der Waals surface area (Å²) in [5.74, 6) is 0.856. The van der Waals surface area contributed by atoms with Crippen LogP contribution in [0.5, 0.6) is 0 Å². The highest BCUT2D eigenvalue weighted by atomic mass is 16.5. The lowest BCUT2D eigenvalue weighted by atomic mass is 10.0. The van der Waals surface area contributed by atoms with Crippen molar-refractivity contribution < 1.29 is 4.74 Å². The first-order chi connectivity index (χ1) is 7.36. The van der Waals surface area contributed by atoms with Crippen LogP contribution in [0.25, 0.3) is 0 Å². The second kappa shape index (κ2) is 8.08. The summed E-state index contributed by atoms with van der Waals surface area (Å²) in [6.45, 7) is 12.0. The Labute approximate surface area is 94.2 Å². The highest BCUT2D eigenvalue weighted by molar-refractivity contribution is 4.64. The van der Waals surface area contributed by atoms with Gasteiger partial charge in [0.15, 0.2) is 0 Å². The van der Waals surface area contributed by atoms with Crippen LogP contribution in [0.4, 0.5) is 0 Å². The van der Waals surface area contributed by atoms with Crippen LogP contribution in [0.1, 0.15) is 26.7 Å². The molecule has 0 aromatic heterocycles. The zero-order chi connectivity index (χ0) is 10.9. The summed E-state index contributed by atoms with van der Waals surface area (Å²) >= 11 is 0. The van der Waals surface area contributed by atoms with Gasteiger partial charge in [-0.1, -0.05) is 26.7 Å². The Kier molecular flexibility index (Phi) is 6.98. The summed E-state index contributed by atoms with van der Waals surface area (Å²) in [4.78, 5) is 2.48. The summed E-state index contributed by atoms with van der Waals surface area (Å²) in [6.07, 6.45) is 2.59. The molecule has 1 heterocycles. The predicted octanol–water partition coefficient (Wildman–Crippen LogP) is 1.34. The van der Waals surface area contributed by atoms with Crippen LogP contribution in [0.3, 0.4) is 0 Å². The normalized spacial score (nSPS) is 18.6. The van der Waals surface area contributed by atoms with Gasteiger partial charge in [0, 0.05) is 26.2 Å². The van der Waals surface area contributed by atoms with Crippen LogP contribution in [0, 0.1) is 5.92 Å². The second-order valence-corrected chi connectivity index (χ2v) is 4.34. The standard InChI is InChI=1S/C12H26N2O/c1-3-12(4-2)11-13-5-6-14-7-9-15-10-8-14/h12-13H,3-11H2,1-2H3. The Morgan fingerprint density at radius 3 is 2.47 bits per heavy atom. The van der Waals surface area contributed by atoms with Gasteiger partial charge in [-0.2, -0.15) is 0 Å². The molecule has 0 bridgehead atoms. The first-order valence-corrected chi connectivity index (χ1v) is 6.37. The van der Waals surface area contributed by atoms with Gasteiger partial charge in [0.1, 0.15) is 0 Å². The van der Waals surface area contributed by atoms with Crippen molar-refractivity contribution in [2.24, 2.45) is 5.92 Å². The Hall–Kier alpha value is -0.120. The molecular weight excluding hydrogens is 188 g/mol. The average molecular weight is 214 g/mol. The molecule has 0 amide bonds. The van der Waals surface area contributed by atoms with E-state index in [2.05, 4.69) is 24.1 Å². The molecule has 1 fully saturated rings. The Balaban J connectivity index is 1.95. The van der Waals surface area contributed by atoms with Crippen LogP contribution in [-0.2, 0) is 4.74 Å². The van der Waals surface area contributed by atoms with E-state index in [1.165, 1.54) is 25.9 Å². The van der Waals surface area contributed by atoms with Crippen LogP contribution in [-0.4, -0.2) is 50.8 Å². The van der Waals surface area contributed by atoms with Gasteiger partial charge >= 0.3 is 0 Å². The van der Waals surface area contributed by atoms with Crippen molar-refractivity contribution in [3.05, 3.63) is 0 Å². The average Bonchev–Trinajstić information content (AvgIpc) is 2.31. The van der Waals surface area contributed by atoms with Crippen molar-refractivity contribution in [1.82, 2.24) is 10.2 Å². The molecule has 0 aromatic carbocycles. The molecule has 0 spiro atoms. The van der Waals surface area contributed by atoms with E-state index in [-0.39, 0.29) is 0 Å². The molecule has 1 N–H and O–H groups in total. The molecule has 0 aromatic rings. The topological polar surface area (TPSA) is 24.5 Å². The summed E-state index contributed by atoms with van der Waals surface area (Å²) in [5, 5.41) is 3.55. The zero-order valence-corrected chi connectivity index (χ0v) is 10.3. The molecule has 0 aliphatic carbocycles. The third kappa shape index (κ3) is 5.50. The van der Waals surface area contributed by atoms with Gasteiger partial charge in [-0.05, 0) is 12.5 Å². The largest absolute Gasteiger partial charge is 0.379 e. The summed E-state index contributed by atoms with van der Waals surface area (Å²) in [7, 11) is 0. The minimum Gasteiger partial charge on any atom is -0.379 e. The van der Waals surface area contributed by atoms with Crippen LogP contribution in [0.2, 0.25) is 0 Å². The van der Waals surface area contributed by atoms with Gasteiger partial charge in [-0.15, -0.1) is 0 Å². The van der Waals surface area contributed by atoms with Crippen LogP contribution < -0.4 is 5.32 Å². The van der Waals surface area contributed by atoms with Crippen LogP contribution in [0.15, 0.2) is 0 Å². The lowest BCUT2D eigenvalue weighted by Gasteiger charge is -2.26. The minimum atomic E-state index is 0.856. The summed E-state index contributed by atoms with van der Waals surface area (Å²) < 4.78 is 5.32. The van der Waals surface area contributed by atoms with Gasteiger partial charge in [0.25, 0.3) is 0 Å². The number of nitrogens with zero attached hydrogens (tertiary/aromatic N) is 1. The number of hydrogen-bond acceptors (Lipinski definition) is 3. The first kappa shape index (κ1) is 12.9. The van der Waals surface area contributed by atoms with Crippen molar-refractivity contribution in [2.75, 3.05) is 45.9 Å². The lowest BCUT2D eigenvalue weighted by Crippen LogP contribution is -2.40. The number of ether oxygens (including phenoxy) is 1. The Morgan fingerprint density at radius 2 is 1.87 bits per heavy atom. The predicted molar refractivity (Wildman–Crippen MR) is 64.2 cm³/mol. The fraction of sp³-hybridized carbons (Fsp3) is 1.00. The molecular formula is C12H26N2O. The Morgan fingerprint density at radius 1 is 1.20 bits per heavy atom. The highest BCUT2D eigenvalue weighted by Gasteiger charge is 2.09. The first-order valence-electron chi connectivity index (χ1n) is 6.37. The minimum absolute atomic E-state index is 0.856. The van der Waals surface area contributed by atoms with Gasteiger partial charge < -0.3 is 10.1 Å². The van der Waals surface area contributed by atoms with Gasteiger partial charge in [0.2, 0.25) is 0 Å². The maximum Gasteiger partial charge on any atom is 0.0594 e. The number of rotatable bonds is 7. The van der Waals surface area contributed by atoms with E-state index < -0.39 is 0 Å². The monoisotopic (exact) mass is 214 g/mol. The SMILES string of the molecule is CCC(CC)CNCCN1CCOCC1. The van der Waals surface area contributed by atoms with Crippen molar-refractivity contribution >= 4 is 0 Å². The molecule has 3 nitrogen and oxygen atoms in total. The van der Waals surface area contributed by atoms with E-state index in [1.807, 2.05) is 0 Å².